The summed E-state index contributed by atoms with van der Waals surface area (Å²) in [4.78, 5) is 5.19. The Bertz CT molecular complexity index is 412. The molecule has 1 aromatic heterocycles. The van der Waals surface area contributed by atoms with Crippen molar-refractivity contribution in [2.24, 2.45) is 0 Å². The van der Waals surface area contributed by atoms with Crippen molar-refractivity contribution in [2.45, 2.75) is 32.1 Å². The molecule has 0 radical (unpaired) electrons. The molecule has 4 nitrogen and oxygen atoms in total. The molecule has 1 rings (SSSR count). The van der Waals surface area contributed by atoms with E-state index < -0.39 is 9.84 Å². The number of hydrogen-bond acceptors (Lipinski definition) is 5. The Balaban J connectivity index is 2.40. The Hall–Kier alpha value is -0.460. The van der Waals surface area contributed by atoms with Crippen LogP contribution in [0.5, 0.6) is 0 Å². The van der Waals surface area contributed by atoms with Crippen molar-refractivity contribution in [3.05, 3.63) is 16.1 Å². The molecule has 1 heterocycles. The van der Waals surface area contributed by atoms with Gasteiger partial charge in [0.1, 0.15) is 10.8 Å². The van der Waals surface area contributed by atoms with Gasteiger partial charge in [0, 0.05) is 23.9 Å². The van der Waals surface area contributed by atoms with Crippen molar-refractivity contribution < 1.29 is 8.42 Å². The second-order valence-electron chi connectivity index (χ2n) is 3.82. The minimum Gasteiger partial charge on any atom is -0.312 e. The van der Waals surface area contributed by atoms with E-state index in [9.17, 15) is 8.42 Å². The summed E-state index contributed by atoms with van der Waals surface area (Å²) < 4.78 is 22.1. The van der Waals surface area contributed by atoms with Crippen molar-refractivity contribution in [3.63, 3.8) is 0 Å². The van der Waals surface area contributed by atoms with Gasteiger partial charge in [-0.25, -0.2) is 13.4 Å². The molecule has 0 aromatic carbocycles. The van der Waals surface area contributed by atoms with Crippen molar-refractivity contribution >= 4 is 21.2 Å². The zero-order valence-corrected chi connectivity index (χ0v) is 11.3. The van der Waals surface area contributed by atoms with Crippen LogP contribution >= 0.6 is 11.3 Å². The topological polar surface area (TPSA) is 59.1 Å². The largest absolute Gasteiger partial charge is 0.312 e. The summed E-state index contributed by atoms with van der Waals surface area (Å²) in [5.41, 5.74) is 0. The summed E-state index contributed by atoms with van der Waals surface area (Å²) in [5.74, 6) is 0.0482. The molecule has 0 atom stereocenters. The first-order chi connectivity index (χ1) is 7.51. The molecule has 0 amide bonds. The van der Waals surface area contributed by atoms with E-state index in [1.165, 1.54) is 24.0 Å². The van der Waals surface area contributed by atoms with Gasteiger partial charge in [0.15, 0.2) is 9.84 Å². The fraction of sp³-hybridized carbons (Fsp3) is 0.700. The van der Waals surface area contributed by atoms with Crippen LogP contribution in [0.25, 0.3) is 0 Å². The number of nitrogens with zero attached hydrogens (tertiary/aromatic N) is 1. The molecule has 0 saturated heterocycles. The van der Waals surface area contributed by atoms with Crippen LogP contribution in [0, 0.1) is 0 Å². The van der Waals surface area contributed by atoms with Crippen LogP contribution in [-0.4, -0.2) is 26.2 Å². The number of hydrogen-bond donors (Lipinski definition) is 1. The van der Waals surface area contributed by atoms with E-state index >= 15 is 0 Å². The van der Waals surface area contributed by atoms with Crippen LogP contribution in [0.3, 0.4) is 0 Å². The Morgan fingerprint density at radius 2 is 2.25 bits per heavy atom. The second-order valence-corrected chi connectivity index (χ2v) is 7.16. The number of unbranched alkanes of at least 4 members (excludes halogenated alkanes) is 1. The molecule has 0 spiro atoms. The highest BCUT2D eigenvalue weighted by Gasteiger charge is 2.08. The molecule has 6 heteroatoms. The number of sulfone groups is 1. The van der Waals surface area contributed by atoms with Gasteiger partial charge in [0.05, 0.1) is 0 Å². The predicted octanol–water partition coefficient (Wildman–Crippen LogP) is 1.58. The summed E-state index contributed by atoms with van der Waals surface area (Å²) >= 11 is 1.47. The molecule has 1 aromatic rings. The molecule has 0 bridgehead atoms. The van der Waals surface area contributed by atoms with Gasteiger partial charge in [-0.2, -0.15) is 0 Å². The monoisotopic (exact) mass is 262 g/mol. The molecule has 0 aliphatic heterocycles. The Labute approximate surface area is 101 Å². The highest BCUT2D eigenvalue weighted by molar-refractivity contribution is 7.90. The predicted molar refractivity (Wildman–Crippen MR) is 67.3 cm³/mol. The summed E-state index contributed by atoms with van der Waals surface area (Å²) in [6, 6.07) is 0. The standard InChI is InChI=1S/C10H18N2O2S2/c1-3-4-5-11-6-9-7-12-10(15-9)8-16(2,13)14/h7,11H,3-6,8H2,1-2H3. The molecule has 1 N–H and O–H groups in total. The van der Waals surface area contributed by atoms with E-state index in [1.54, 1.807) is 6.20 Å². The van der Waals surface area contributed by atoms with Gasteiger partial charge >= 0.3 is 0 Å². The third-order valence-corrected chi connectivity index (χ3v) is 3.97. The number of aromatic nitrogens is 1. The first kappa shape index (κ1) is 13.6. The number of thiazole rings is 1. The molecule has 0 aliphatic carbocycles. The lowest BCUT2D eigenvalue weighted by molar-refractivity contribution is 0.601. The van der Waals surface area contributed by atoms with E-state index in [1.807, 2.05) is 0 Å². The van der Waals surface area contributed by atoms with E-state index in [0.717, 1.165) is 24.4 Å². The first-order valence-corrected chi connectivity index (χ1v) is 8.21. The smallest absolute Gasteiger partial charge is 0.153 e. The van der Waals surface area contributed by atoms with Crippen LogP contribution in [0.2, 0.25) is 0 Å². The Morgan fingerprint density at radius 3 is 2.88 bits per heavy atom. The molecule has 0 aliphatic rings. The van der Waals surface area contributed by atoms with Gasteiger partial charge < -0.3 is 5.32 Å². The van der Waals surface area contributed by atoms with Gasteiger partial charge in [0.2, 0.25) is 0 Å². The van der Waals surface area contributed by atoms with Crippen molar-refractivity contribution in [2.75, 3.05) is 12.8 Å². The zero-order chi connectivity index (χ0) is 12.0. The van der Waals surface area contributed by atoms with Gasteiger partial charge in [-0.1, -0.05) is 13.3 Å². The Kier molecular flexibility index (Phi) is 5.37. The third kappa shape index (κ3) is 5.58. The minimum absolute atomic E-state index is 0.0482. The lowest BCUT2D eigenvalue weighted by Gasteiger charge is -1.99. The maximum absolute atomic E-state index is 11.1. The molecule has 16 heavy (non-hydrogen) atoms. The fourth-order valence-corrected chi connectivity index (χ4v) is 3.32. The molecule has 92 valence electrons. The van der Waals surface area contributed by atoms with Crippen LogP contribution in [0.4, 0.5) is 0 Å². The average molecular weight is 262 g/mol. The van der Waals surface area contributed by atoms with Crippen molar-refractivity contribution in [1.82, 2.24) is 10.3 Å². The van der Waals surface area contributed by atoms with Gasteiger partial charge in [-0.05, 0) is 13.0 Å². The lowest BCUT2D eigenvalue weighted by atomic mass is 10.3. The Morgan fingerprint density at radius 1 is 1.50 bits per heavy atom. The number of nitrogens with one attached hydrogen (secondary N) is 1. The molecule has 0 saturated carbocycles. The summed E-state index contributed by atoms with van der Waals surface area (Å²) in [6.07, 6.45) is 5.32. The van der Waals surface area contributed by atoms with Crippen LogP contribution < -0.4 is 5.32 Å². The fourth-order valence-electron chi connectivity index (χ4n) is 1.23. The third-order valence-electron chi connectivity index (χ3n) is 1.99. The van der Waals surface area contributed by atoms with Crippen LogP contribution in [0.1, 0.15) is 29.7 Å². The maximum Gasteiger partial charge on any atom is 0.153 e. The van der Waals surface area contributed by atoms with Crippen molar-refractivity contribution in [1.29, 1.82) is 0 Å². The van der Waals surface area contributed by atoms with E-state index in [0.29, 0.717) is 5.01 Å². The average Bonchev–Trinajstić information content (AvgIpc) is 2.58. The van der Waals surface area contributed by atoms with Gasteiger partial charge in [0.25, 0.3) is 0 Å². The first-order valence-electron chi connectivity index (χ1n) is 5.33. The van der Waals surface area contributed by atoms with Gasteiger partial charge in [-0.3, -0.25) is 0 Å². The highest BCUT2D eigenvalue weighted by Crippen LogP contribution is 2.14. The number of rotatable bonds is 7. The zero-order valence-electron chi connectivity index (χ0n) is 9.69. The maximum atomic E-state index is 11.1. The van der Waals surface area contributed by atoms with E-state index in [4.69, 9.17) is 0 Å². The van der Waals surface area contributed by atoms with Crippen LogP contribution in [0.15, 0.2) is 6.20 Å². The lowest BCUT2D eigenvalue weighted by Crippen LogP contribution is -2.13. The second kappa shape index (κ2) is 6.32. The summed E-state index contributed by atoms with van der Waals surface area (Å²) in [6.45, 7) is 3.93. The minimum atomic E-state index is -2.97. The van der Waals surface area contributed by atoms with Crippen LogP contribution in [-0.2, 0) is 22.1 Å². The van der Waals surface area contributed by atoms with E-state index in [2.05, 4.69) is 17.2 Å². The molecular weight excluding hydrogens is 244 g/mol. The summed E-state index contributed by atoms with van der Waals surface area (Å²) in [5, 5.41) is 3.98. The molecule has 0 fully saturated rings. The molecule has 0 unspecified atom stereocenters. The normalized spacial score (nSPS) is 11.9. The SMILES string of the molecule is CCCCNCc1cnc(CS(C)(=O)=O)s1. The quantitative estimate of drug-likeness (QED) is 0.758. The summed E-state index contributed by atoms with van der Waals surface area (Å²) in [7, 11) is -2.97. The molecular formula is C10H18N2O2S2. The van der Waals surface area contributed by atoms with E-state index in [-0.39, 0.29) is 5.75 Å². The van der Waals surface area contributed by atoms with Gasteiger partial charge in [-0.15, -0.1) is 11.3 Å². The highest BCUT2D eigenvalue weighted by atomic mass is 32.2. The van der Waals surface area contributed by atoms with Crippen molar-refractivity contribution in [3.8, 4) is 0 Å².